The molecule has 0 radical (unpaired) electrons. The molecule has 0 amide bonds. The molecule has 0 fully saturated rings. The van der Waals surface area contributed by atoms with E-state index in [0.717, 1.165) is 12.8 Å². The maximum atomic E-state index is 9.39. The standard InChI is InChI=1S/C16H32O/c1-3-5-6-7-8-9-10-11-12-13-14-15-16(17)4-2/h8-9,16-17H,3-7,10-15H2,1-2H3/b9-8-. The van der Waals surface area contributed by atoms with Gasteiger partial charge in [-0.25, -0.2) is 0 Å². The van der Waals surface area contributed by atoms with Crippen molar-refractivity contribution in [2.75, 3.05) is 0 Å². The van der Waals surface area contributed by atoms with Crippen molar-refractivity contribution >= 4 is 0 Å². The van der Waals surface area contributed by atoms with Gasteiger partial charge in [-0.3, -0.25) is 0 Å². The molecule has 1 unspecified atom stereocenters. The van der Waals surface area contributed by atoms with Gasteiger partial charge in [0.05, 0.1) is 6.10 Å². The summed E-state index contributed by atoms with van der Waals surface area (Å²) >= 11 is 0. The Morgan fingerprint density at radius 3 is 2.00 bits per heavy atom. The smallest absolute Gasteiger partial charge is 0.0537 e. The predicted molar refractivity (Wildman–Crippen MR) is 77.3 cm³/mol. The summed E-state index contributed by atoms with van der Waals surface area (Å²) in [6, 6.07) is 0. The van der Waals surface area contributed by atoms with Crippen molar-refractivity contribution in [2.45, 2.75) is 90.6 Å². The zero-order valence-corrected chi connectivity index (χ0v) is 12.0. The molecule has 0 spiro atoms. The van der Waals surface area contributed by atoms with Crippen LogP contribution in [-0.2, 0) is 0 Å². The molecule has 0 bridgehead atoms. The first-order valence-electron chi connectivity index (χ1n) is 7.64. The molecular weight excluding hydrogens is 208 g/mol. The highest BCUT2D eigenvalue weighted by atomic mass is 16.3. The fraction of sp³-hybridized carbons (Fsp3) is 0.875. The molecule has 0 saturated carbocycles. The van der Waals surface area contributed by atoms with E-state index >= 15 is 0 Å². The molecule has 0 saturated heterocycles. The first-order valence-corrected chi connectivity index (χ1v) is 7.64. The van der Waals surface area contributed by atoms with Gasteiger partial charge in [-0.05, 0) is 38.5 Å². The minimum atomic E-state index is -0.0616. The first kappa shape index (κ1) is 16.7. The fourth-order valence-corrected chi connectivity index (χ4v) is 1.95. The van der Waals surface area contributed by atoms with Crippen LogP contribution in [0.2, 0.25) is 0 Å². The Hall–Kier alpha value is -0.300. The minimum absolute atomic E-state index is 0.0616. The molecule has 1 nitrogen and oxygen atoms in total. The van der Waals surface area contributed by atoms with E-state index in [1.165, 1.54) is 57.8 Å². The number of allylic oxidation sites excluding steroid dienone is 2. The minimum Gasteiger partial charge on any atom is -0.393 e. The lowest BCUT2D eigenvalue weighted by molar-refractivity contribution is 0.156. The van der Waals surface area contributed by atoms with Crippen molar-refractivity contribution < 1.29 is 5.11 Å². The van der Waals surface area contributed by atoms with Crippen molar-refractivity contribution in [3.8, 4) is 0 Å². The van der Waals surface area contributed by atoms with Crippen molar-refractivity contribution in [3.05, 3.63) is 12.2 Å². The third-order valence-corrected chi connectivity index (χ3v) is 3.27. The molecule has 0 rings (SSSR count). The van der Waals surface area contributed by atoms with E-state index in [9.17, 15) is 5.11 Å². The molecule has 0 aliphatic rings. The number of rotatable bonds is 12. The number of unbranched alkanes of at least 4 members (excludes halogenated alkanes) is 7. The van der Waals surface area contributed by atoms with Crippen LogP contribution in [0.1, 0.15) is 84.5 Å². The fourth-order valence-electron chi connectivity index (χ4n) is 1.95. The summed E-state index contributed by atoms with van der Waals surface area (Å²) in [6.45, 7) is 4.30. The van der Waals surface area contributed by atoms with E-state index in [-0.39, 0.29) is 6.10 Å². The highest BCUT2D eigenvalue weighted by molar-refractivity contribution is 4.81. The molecule has 0 heterocycles. The van der Waals surface area contributed by atoms with Crippen molar-refractivity contribution in [1.29, 1.82) is 0 Å². The summed E-state index contributed by atoms with van der Waals surface area (Å²) in [5.41, 5.74) is 0. The van der Waals surface area contributed by atoms with Gasteiger partial charge in [0.25, 0.3) is 0 Å². The lowest BCUT2D eigenvalue weighted by Crippen LogP contribution is -2.03. The Bertz CT molecular complexity index is 163. The maximum absolute atomic E-state index is 9.39. The summed E-state index contributed by atoms with van der Waals surface area (Å²) in [5, 5.41) is 9.39. The molecule has 0 aromatic rings. The second kappa shape index (κ2) is 13.8. The highest BCUT2D eigenvalue weighted by Gasteiger charge is 1.98. The first-order chi connectivity index (χ1) is 8.31. The number of hydrogen-bond donors (Lipinski definition) is 1. The lowest BCUT2D eigenvalue weighted by atomic mass is 10.1. The van der Waals surface area contributed by atoms with Crippen LogP contribution in [0, 0.1) is 0 Å². The Labute approximate surface area is 108 Å². The van der Waals surface area contributed by atoms with Gasteiger partial charge in [-0.2, -0.15) is 0 Å². The summed E-state index contributed by atoms with van der Waals surface area (Å²) in [4.78, 5) is 0. The van der Waals surface area contributed by atoms with Gasteiger partial charge in [0.1, 0.15) is 0 Å². The van der Waals surface area contributed by atoms with Gasteiger partial charge in [-0.1, -0.05) is 58.1 Å². The monoisotopic (exact) mass is 240 g/mol. The Morgan fingerprint density at radius 1 is 0.824 bits per heavy atom. The second-order valence-corrected chi connectivity index (χ2v) is 5.02. The third kappa shape index (κ3) is 13.6. The van der Waals surface area contributed by atoms with Gasteiger partial charge in [0.2, 0.25) is 0 Å². The van der Waals surface area contributed by atoms with E-state index in [1.807, 2.05) is 6.92 Å². The topological polar surface area (TPSA) is 20.2 Å². The zero-order valence-electron chi connectivity index (χ0n) is 12.0. The average Bonchev–Trinajstić information content (AvgIpc) is 2.35. The molecule has 17 heavy (non-hydrogen) atoms. The van der Waals surface area contributed by atoms with Crippen molar-refractivity contribution in [1.82, 2.24) is 0 Å². The van der Waals surface area contributed by atoms with Crippen LogP contribution in [-0.4, -0.2) is 11.2 Å². The molecule has 1 N–H and O–H groups in total. The maximum Gasteiger partial charge on any atom is 0.0537 e. The van der Waals surface area contributed by atoms with Gasteiger partial charge < -0.3 is 5.11 Å². The zero-order chi connectivity index (χ0) is 12.8. The molecule has 0 aromatic heterocycles. The molecule has 102 valence electrons. The highest BCUT2D eigenvalue weighted by Crippen LogP contribution is 2.09. The van der Waals surface area contributed by atoms with Crippen LogP contribution in [0.25, 0.3) is 0 Å². The Kier molecular flexibility index (Phi) is 13.5. The van der Waals surface area contributed by atoms with Crippen molar-refractivity contribution in [2.24, 2.45) is 0 Å². The van der Waals surface area contributed by atoms with Crippen molar-refractivity contribution in [3.63, 3.8) is 0 Å². The summed E-state index contributed by atoms with van der Waals surface area (Å²) < 4.78 is 0. The van der Waals surface area contributed by atoms with Crippen LogP contribution in [0.15, 0.2) is 12.2 Å². The molecule has 0 aliphatic heterocycles. The third-order valence-electron chi connectivity index (χ3n) is 3.27. The van der Waals surface area contributed by atoms with E-state index in [2.05, 4.69) is 19.1 Å². The largest absolute Gasteiger partial charge is 0.393 e. The van der Waals surface area contributed by atoms with E-state index in [0.29, 0.717) is 0 Å². The lowest BCUT2D eigenvalue weighted by Gasteiger charge is -2.06. The van der Waals surface area contributed by atoms with Gasteiger partial charge in [0, 0.05) is 0 Å². The number of hydrogen-bond acceptors (Lipinski definition) is 1. The van der Waals surface area contributed by atoms with E-state index in [4.69, 9.17) is 0 Å². The summed E-state index contributed by atoms with van der Waals surface area (Å²) in [6.07, 6.45) is 18.1. The average molecular weight is 240 g/mol. The van der Waals surface area contributed by atoms with Crippen LogP contribution in [0.3, 0.4) is 0 Å². The molecule has 0 aromatic carbocycles. The number of aliphatic hydroxyl groups is 1. The van der Waals surface area contributed by atoms with E-state index < -0.39 is 0 Å². The van der Waals surface area contributed by atoms with Gasteiger partial charge >= 0.3 is 0 Å². The SMILES string of the molecule is CCCCC/C=C\CCCCCCC(O)CC. The summed E-state index contributed by atoms with van der Waals surface area (Å²) in [7, 11) is 0. The van der Waals surface area contributed by atoms with E-state index in [1.54, 1.807) is 0 Å². The molecular formula is C16H32O. The van der Waals surface area contributed by atoms with Gasteiger partial charge in [0.15, 0.2) is 0 Å². The summed E-state index contributed by atoms with van der Waals surface area (Å²) in [5.74, 6) is 0. The van der Waals surface area contributed by atoms with Crippen LogP contribution >= 0.6 is 0 Å². The van der Waals surface area contributed by atoms with Crippen LogP contribution in [0.5, 0.6) is 0 Å². The van der Waals surface area contributed by atoms with Crippen LogP contribution in [0.4, 0.5) is 0 Å². The molecule has 0 aliphatic carbocycles. The number of aliphatic hydroxyl groups excluding tert-OH is 1. The Balaban J connectivity index is 3.07. The molecule has 1 heteroatoms. The second-order valence-electron chi connectivity index (χ2n) is 5.02. The van der Waals surface area contributed by atoms with Crippen LogP contribution < -0.4 is 0 Å². The molecule has 1 atom stereocenters. The normalized spacial score (nSPS) is 13.4. The Morgan fingerprint density at radius 2 is 1.41 bits per heavy atom. The predicted octanol–water partition coefficient (Wildman–Crippen LogP) is 5.23. The quantitative estimate of drug-likeness (QED) is 0.365. The van der Waals surface area contributed by atoms with Gasteiger partial charge in [-0.15, -0.1) is 0 Å².